The number of aromatic nitrogens is 2. The quantitative estimate of drug-likeness (QED) is 0.885. The molecule has 5 heteroatoms. The normalized spacial score (nSPS) is 23.0. The average molecular weight is 301 g/mol. The van der Waals surface area contributed by atoms with Gasteiger partial charge in [-0.05, 0) is 17.4 Å². The van der Waals surface area contributed by atoms with Gasteiger partial charge in [-0.15, -0.1) is 5.10 Å². The van der Waals surface area contributed by atoms with E-state index in [0.717, 1.165) is 12.8 Å². The molecule has 1 aromatic heterocycles. The fourth-order valence-corrected chi connectivity index (χ4v) is 3.02. The first kappa shape index (κ1) is 15.0. The largest absolute Gasteiger partial charge is 0.408 e. The Labute approximate surface area is 131 Å². The van der Waals surface area contributed by atoms with Crippen molar-refractivity contribution in [2.24, 2.45) is 5.41 Å². The van der Waals surface area contributed by atoms with Gasteiger partial charge in [0.15, 0.2) is 0 Å². The maximum atomic E-state index is 6.14. The van der Waals surface area contributed by atoms with E-state index in [-0.39, 0.29) is 17.6 Å². The monoisotopic (exact) mass is 301 g/mol. The maximum Gasteiger partial charge on any atom is 0.315 e. The van der Waals surface area contributed by atoms with Gasteiger partial charge in [0.25, 0.3) is 0 Å². The molecular weight excluding hydrogens is 278 g/mol. The van der Waals surface area contributed by atoms with Crippen LogP contribution in [0.2, 0.25) is 0 Å². The molecule has 5 nitrogen and oxygen atoms in total. The fourth-order valence-electron chi connectivity index (χ4n) is 3.02. The van der Waals surface area contributed by atoms with Crippen LogP contribution < -0.4 is 5.32 Å². The molecule has 1 aliphatic rings. The van der Waals surface area contributed by atoms with E-state index in [2.05, 4.69) is 41.5 Å². The summed E-state index contributed by atoms with van der Waals surface area (Å²) < 4.78 is 11.7. The number of rotatable bonds is 6. The first-order chi connectivity index (χ1) is 10.6. The molecule has 1 N–H and O–H groups in total. The molecule has 2 atom stereocenters. The Bertz CT molecular complexity index is 609. The minimum atomic E-state index is 0.129. The Morgan fingerprint density at radius 3 is 2.68 bits per heavy atom. The SMILES string of the molecule is CCc1nnc(N[C@@H]2CC(C)(C)[C@@H]2OCc2ccccc2)o1. The minimum Gasteiger partial charge on any atom is -0.408 e. The van der Waals surface area contributed by atoms with Crippen LogP contribution in [0.15, 0.2) is 34.7 Å². The molecule has 0 aliphatic heterocycles. The number of hydrogen-bond acceptors (Lipinski definition) is 5. The third-order valence-corrected chi connectivity index (χ3v) is 4.23. The summed E-state index contributed by atoms with van der Waals surface area (Å²) in [4.78, 5) is 0. The minimum absolute atomic E-state index is 0.129. The number of aryl methyl sites for hydroxylation is 1. The summed E-state index contributed by atoms with van der Waals surface area (Å²) in [6.45, 7) is 7.07. The lowest BCUT2D eigenvalue weighted by Crippen LogP contribution is -2.57. The summed E-state index contributed by atoms with van der Waals surface area (Å²) in [5.74, 6) is 0.655. The van der Waals surface area contributed by atoms with Crippen LogP contribution >= 0.6 is 0 Å². The molecule has 1 fully saturated rings. The van der Waals surface area contributed by atoms with Crippen LogP contribution in [0.1, 0.15) is 38.6 Å². The van der Waals surface area contributed by atoms with Crippen LogP contribution in [0.25, 0.3) is 0 Å². The first-order valence-electron chi connectivity index (χ1n) is 7.83. The molecule has 0 spiro atoms. The standard InChI is InChI=1S/C17H23N3O2/c1-4-14-19-20-16(22-14)18-13-10-17(2,3)15(13)21-11-12-8-6-5-7-9-12/h5-9,13,15H,4,10-11H2,1-3H3,(H,18,20)/t13-,15-/m1/s1. The fraction of sp³-hybridized carbons (Fsp3) is 0.529. The van der Waals surface area contributed by atoms with Crippen LogP contribution in [0, 0.1) is 5.41 Å². The van der Waals surface area contributed by atoms with Gasteiger partial charge in [-0.3, -0.25) is 0 Å². The zero-order valence-electron chi connectivity index (χ0n) is 13.4. The Balaban J connectivity index is 1.60. The number of anilines is 1. The molecule has 118 valence electrons. The van der Waals surface area contributed by atoms with E-state index in [0.29, 0.717) is 18.5 Å². The molecule has 0 radical (unpaired) electrons. The van der Waals surface area contributed by atoms with E-state index in [4.69, 9.17) is 9.15 Å². The van der Waals surface area contributed by atoms with Gasteiger partial charge in [-0.1, -0.05) is 56.2 Å². The lowest BCUT2D eigenvalue weighted by Gasteiger charge is -2.50. The molecule has 1 aliphatic carbocycles. The van der Waals surface area contributed by atoms with Crippen molar-refractivity contribution in [1.29, 1.82) is 0 Å². The lowest BCUT2D eigenvalue weighted by molar-refractivity contribution is -0.111. The summed E-state index contributed by atoms with van der Waals surface area (Å²) in [5.41, 5.74) is 1.34. The topological polar surface area (TPSA) is 60.2 Å². The van der Waals surface area contributed by atoms with Gasteiger partial charge in [0.1, 0.15) is 0 Å². The van der Waals surface area contributed by atoms with E-state index < -0.39 is 0 Å². The van der Waals surface area contributed by atoms with Crippen molar-refractivity contribution < 1.29 is 9.15 Å². The molecule has 1 saturated carbocycles. The van der Waals surface area contributed by atoms with Gasteiger partial charge < -0.3 is 14.5 Å². The number of benzene rings is 1. The maximum absolute atomic E-state index is 6.14. The Kier molecular flexibility index (Phi) is 4.16. The number of nitrogens with zero attached hydrogens (tertiary/aromatic N) is 2. The predicted octanol–water partition coefficient (Wildman–Crippen LogP) is 3.43. The molecule has 22 heavy (non-hydrogen) atoms. The highest BCUT2D eigenvalue weighted by Crippen LogP contribution is 2.44. The van der Waals surface area contributed by atoms with Crippen LogP contribution in [-0.4, -0.2) is 22.3 Å². The molecule has 1 aromatic carbocycles. The second-order valence-electron chi connectivity index (χ2n) is 6.52. The zero-order valence-corrected chi connectivity index (χ0v) is 13.4. The third kappa shape index (κ3) is 3.14. The second kappa shape index (κ2) is 6.08. The van der Waals surface area contributed by atoms with E-state index in [1.807, 2.05) is 25.1 Å². The summed E-state index contributed by atoms with van der Waals surface area (Å²) in [6, 6.07) is 11.0. The van der Waals surface area contributed by atoms with Gasteiger partial charge >= 0.3 is 6.01 Å². The smallest absolute Gasteiger partial charge is 0.315 e. The number of hydrogen-bond donors (Lipinski definition) is 1. The summed E-state index contributed by atoms with van der Waals surface area (Å²) in [7, 11) is 0. The Morgan fingerprint density at radius 2 is 2.05 bits per heavy atom. The number of nitrogens with one attached hydrogen (secondary N) is 1. The van der Waals surface area contributed by atoms with Crippen molar-refractivity contribution in [1.82, 2.24) is 10.2 Å². The van der Waals surface area contributed by atoms with E-state index in [1.165, 1.54) is 5.56 Å². The first-order valence-corrected chi connectivity index (χ1v) is 7.83. The third-order valence-electron chi connectivity index (χ3n) is 4.23. The molecule has 0 bridgehead atoms. The summed E-state index contributed by atoms with van der Waals surface area (Å²) in [5, 5.41) is 11.3. The van der Waals surface area contributed by atoms with E-state index in [9.17, 15) is 0 Å². The highest BCUT2D eigenvalue weighted by atomic mass is 16.5. The van der Waals surface area contributed by atoms with Crippen LogP contribution in [0.3, 0.4) is 0 Å². The molecule has 0 unspecified atom stereocenters. The van der Waals surface area contributed by atoms with E-state index in [1.54, 1.807) is 0 Å². The van der Waals surface area contributed by atoms with Crippen molar-refractivity contribution in [2.45, 2.75) is 52.4 Å². The second-order valence-corrected chi connectivity index (χ2v) is 6.52. The van der Waals surface area contributed by atoms with Crippen molar-refractivity contribution in [3.05, 3.63) is 41.8 Å². The summed E-state index contributed by atoms with van der Waals surface area (Å²) >= 11 is 0. The average Bonchev–Trinajstić information content (AvgIpc) is 2.95. The Hall–Kier alpha value is -1.88. The van der Waals surface area contributed by atoms with Crippen LogP contribution in [0.4, 0.5) is 6.01 Å². The van der Waals surface area contributed by atoms with Crippen molar-refractivity contribution >= 4 is 6.01 Å². The van der Waals surface area contributed by atoms with Crippen molar-refractivity contribution in [2.75, 3.05) is 5.32 Å². The highest BCUT2D eigenvalue weighted by molar-refractivity contribution is 5.25. The van der Waals surface area contributed by atoms with Crippen LogP contribution in [0.5, 0.6) is 0 Å². The molecule has 1 heterocycles. The zero-order chi connectivity index (χ0) is 15.6. The van der Waals surface area contributed by atoms with Crippen molar-refractivity contribution in [3.8, 4) is 0 Å². The van der Waals surface area contributed by atoms with Gasteiger partial charge in [-0.2, -0.15) is 0 Å². The molecule has 3 rings (SSSR count). The van der Waals surface area contributed by atoms with Gasteiger partial charge in [0, 0.05) is 6.42 Å². The molecule has 0 amide bonds. The Morgan fingerprint density at radius 1 is 1.27 bits per heavy atom. The van der Waals surface area contributed by atoms with Gasteiger partial charge in [-0.25, -0.2) is 0 Å². The van der Waals surface area contributed by atoms with Crippen molar-refractivity contribution in [3.63, 3.8) is 0 Å². The van der Waals surface area contributed by atoms with E-state index >= 15 is 0 Å². The van der Waals surface area contributed by atoms with Gasteiger partial charge in [0.2, 0.25) is 5.89 Å². The molecular formula is C17H23N3O2. The lowest BCUT2D eigenvalue weighted by atomic mass is 9.65. The number of ether oxygens (including phenoxy) is 1. The molecule has 2 aromatic rings. The van der Waals surface area contributed by atoms with Gasteiger partial charge in [0.05, 0.1) is 18.8 Å². The summed E-state index contributed by atoms with van der Waals surface area (Å²) in [6.07, 6.45) is 1.90. The highest BCUT2D eigenvalue weighted by Gasteiger charge is 2.49. The predicted molar refractivity (Wildman–Crippen MR) is 84.5 cm³/mol. The molecule has 0 saturated heterocycles. The van der Waals surface area contributed by atoms with Crippen LogP contribution in [-0.2, 0) is 17.8 Å².